The molecule has 0 atom stereocenters. The number of carbonyl (C=O) groups is 1. The zero-order valence-corrected chi connectivity index (χ0v) is 11.9. The molecule has 0 fully saturated rings. The lowest BCUT2D eigenvalue weighted by molar-refractivity contribution is 0.112. The van der Waals surface area contributed by atoms with Crippen molar-refractivity contribution in [1.82, 2.24) is 4.57 Å². The van der Waals surface area contributed by atoms with E-state index < -0.39 is 0 Å². The largest absolute Gasteiger partial charge is 0.320 e. The number of pyridine rings is 1. The van der Waals surface area contributed by atoms with Crippen molar-refractivity contribution in [2.45, 2.75) is 33.1 Å². The van der Waals surface area contributed by atoms with Crippen LogP contribution in [-0.4, -0.2) is 10.9 Å². The molecule has 2 rings (SSSR count). The topological polar surface area (TPSA) is 39.1 Å². The molecule has 0 saturated carbocycles. The molecular formula is C17H19NO2. The Morgan fingerprint density at radius 2 is 1.90 bits per heavy atom. The smallest absolute Gasteiger partial charge is 0.192 e. The van der Waals surface area contributed by atoms with Crippen LogP contribution in [0.15, 0.2) is 41.3 Å². The Balaban J connectivity index is 2.36. The van der Waals surface area contributed by atoms with Crippen molar-refractivity contribution in [1.29, 1.82) is 0 Å². The van der Waals surface area contributed by atoms with Crippen LogP contribution in [0.25, 0.3) is 5.69 Å². The first-order valence-electron chi connectivity index (χ1n) is 6.93. The van der Waals surface area contributed by atoms with Crippen LogP contribution in [0.4, 0.5) is 0 Å². The number of aromatic nitrogens is 1. The van der Waals surface area contributed by atoms with Gasteiger partial charge < -0.3 is 4.57 Å². The molecule has 1 aromatic heterocycles. The van der Waals surface area contributed by atoms with Crippen molar-refractivity contribution in [2.75, 3.05) is 0 Å². The summed E-state index contributed by atoms with van der Waals surface area (Å²) in [5.74, 6) is 0. The van der Waals surface area contributed by atoms with Gasteiger partial charge in [-0.05, 0) is 37.5 Å². The van der Waals surface area contributed by atoms with E-state index in [1.807, 2.05) is 23.6 Å². The highest BCUT2D eigenvalue weighted by Gasteiger charge is 2.05. The van der Waals surface area contributed by atoms with E-state index in [2.05, 4.69) is 19.1 Å². The minimum Gasteiger partial charge on any atom is -0.320 e. The highest BCUT2D eigenvalue weighted by Crippen LogP contribution is 2.13. The first-order valence-corrected chi connectivity index (χ1v) is 6.93. The number of carbonyl (C=O) groups excluding carboxylic acids is 1. The van der Waals surface area contributed by atoms with Crippen LogP contribution in [0.3, 0.4) is 0 Å². The Bertz CT molecular complexity index is 654. The Labute approximate surface area is 118 Å². The predicted octanol–water partition coefficient (Wildman–Crippen LogP) is 3.30. The first kappa shape index (κ1) is 14.3. The summed E-state index contributed by atoms with van der Waals surface area (Å²) in [7, 11) is 0. The molecular weight excluding hydrogens is 250 g/mol. The maximum atomic E-state index is 11.6. The van der Waals surface area contributed by atoms with Crippen LogP contribution in [0.1, 0.15) is 41.4 Å². The summed E-state index contributed by atoms with van der Waals surface area (Å²) in [4.78, 5) is 22.5. The van der Waals surface area contributed by atoms with Gasteiger partial charge in [0.25, 0.3) is 0 Å². The van der Waals surface area contributed by atoms with Gasteiger partial charge >= 0.3 is 0 Å². The fourth-order valence-electron chi connectivity index (χ4n) is 2.22. The van der Waals surface area contributed by atoms with E-state index in [0.29, 0.717) is 6.29 Å². The van der Waals surface area contributed by atoms with Crippen molar-refractivity contribution in [3.05, 3.63) is 63.6 Å². The number of benzene rings is 1. The molecule has 3 nitrogen and oxygen atoms in total. The maximum absolute atomic E-state index is 11.6. The fourth-order valence-corrected chi connectivity index (χ4v) is 2.22. The molecule has 0 aliphatic rings. The van der Waals surface area contributed by atoms with Gasteiger partial charge in [-0.25, -0.2) is 0 Å². The highest BCUT2D eigenvalue weighted by molar-refractivity contribution is 5.74. The van der Waals surface area contributed by atoms with Gasteiger partial charge in [-0.3, -0.25) is 9.59 Å². The van der Waals surface area contributed by atoms with Crippen LogP contribution in [-0.2, 0) is 6.42 Å². The van der Waals surface area contributed by atoms with Crippen LogP contribution in [0, 0.1) is 6.92 Å². The second-order valence-corrected chi connectivity index (χ2v) is 4.99. The zero-order valence-electron chi connectivity index (χ0n) is 11.9. The third-order valence-corrected chi connectivity index (χ3v) is 3.43. The minimum absolute atomic E-state index is 0.186. The molecule has 2 aromatic rings. The number of hydrogen-bond donors (Lipinski definition) is 0. The van der Waals surface area contributed by atoms with Gasteiger partial charge in [-0.15, -0.1) is 0 Å². The summed E-state index contributed by atoms with van der Waals surface area (Å²) in [6, 6.07) is 9.75. The Morgan fingerprint density at radius 1 is 1.20 bits per heavy atom. The van der Waals surface area contributed by atoms with Crippen molar-refractivity contribution >= 4 is 6.29 Å². The summed E-state index contributed by atoms with van der Waals surface area (Å²) in [5.41, 5.74) is 3.05. The number of hydrogen-bond acceptors (Lipinski definition) is 2. The van der Waals surface area contributed by atoms with Crippen LogP contribution < -0.4 is 5.43 Å². The standard InChI is InChI=1S/C17H19NO2/c1-3-4-5-14-6-8-16(9-7-14)18-11-15(12-19)17(20)10-13(18)2/h6-12H,3-5H2,1-2H3. The number of rotatable bonds is 5. The van der Waals surface area contributed by atoms with Gasteiger partial charge in [0, 0.05) is 23.6 Å². The van der Waals surface area contributed by atoms with Gasteiger partial charge in [0.15, 0.2) is 11.7 Å². The number of aldehydes is 1. The molecule has 0 aliphatic heterocycles. The summed E-state index contributed by atoms with van der Waals surface area (Å²) < 4.78 is 1.87. The Hall–Kier alpha value is -2.16. The molecule has 0 bridgehead atoms. The van der Waals surface area contributed by atoms with E-state index in [9.17, 15) is 9.59 Å². The molecule has 0 radical (unpaired) electrons. The van der Waals surface area contributed by atoms with Gasteiger partial charge in [0.1, 0.15) is 0 Å². The van der Waals surface area contributed by atoms with Gasteiger partial charge in [0.05, 0.1) is 5.56 Å². The van der Waals surface area contributed by atoms with Crippen LogP contribution in [0.5, 0.6) is 0 Å². The fraction of sp³-hybridized carbons (Fsp3) is 0.294. The third kappa shape index (κ3) is 3.05. The lowest BCUT2D eigenvalue weighted by Gasteiger charge is -2.12. The summed E-state index contributed by atoms with van der Waals surface area (Å²) >= 11 is 0. The second kappa shape index (κ2) is 6.33. The van der Waals surface area contributed by atoms with Crippen molar-refractivity contribution in [3.63, 3.8) is 0 Å². The second-order valence-electron chi connectivity index (χ2n) is 4.99. The monoisotopic (exact) mass is 269 g/mol. The SMILES string of the molecule is CCCCc1ccc(-n2cc(C=O)c(=O)cc2C)cc1. The molecule has 0 saturated heterocycles. The molecule has 0 N–H and O–H groups in total. The zero-order chi connectivity index (χ0) is 14.5. The van der Waals surface area contributed by atoms with E-state index in [1.54, 1.807) is 6.20 Å². The van der Waals surface area contributed by atoms with E-state index in [-0.39, 0.29) is 11.0 Å². The quantitative estimate of drug-likeness (QED) is 0.781. The predicted molar refractivity (Wildman–Crippen MR) is 80.8 cm³/mol. The van der Waals surface area contributed by atoms with Crippen molar-refractivity contribution in [3.8, 4) is 5.69 Å². The normalized spacial score (nSPS) is 10.5. The average molecular weight is 269 g/mol. The maximum Gasteiger partial charge on any atom is 0.192 e. The number of unbranched alkanes of at least 4 members (excludes halogenated alkanes) is 1. The van der Waals surface area contributed by atoms with E-state index >= 15 is 0 Å². The molecule has 104 valence electrons. The molecule has 0 aliphatic carbocycles. The number of aryl methyl sites for hydroxylation is 2. The summed E-state index contributed by atoms with van der Waals surface area (Å²) in [6.07, 6.45) is 5.66. The number of nitrogens with zero attached hydrogens (tertiary/aromatic N) is 1. The lowest BCUT2D eigenvalue weighted by Crippen LogP contribution is -2.13. The molecule has 0 spiro atoms. The summed E-state index contributed by atoms with van der Waals surface area (Å²) in [6.45, 7) is 4.04. The van der Waals surface area contributed by atoms with Crippen molar-refractivity contribution in [2.24, 2.45) is 0 Å². The molecule has 0 amide bonds. The lowest BCUT2D eigenvalue weighted by atomic mass is 10.1. The Morgan fingerprint density at radius 3 is 2.50 bits per heavy atom. The van der Waals surface area contributed by atoms with E-state index in [0.717, 1.165) is 17.8 Å². The first-order chi connectivity index (χ1) is 9.65. The van der Waals surface area contributed by atoms with Crippen LogP contribution in [0.2, 0.25) is 0 Å². The molecule has 0 unspecified atom stereocenters. The van der Waals surface area contributed by atoms with Crippen molar-refractivity contribution < 1.29 is 4.79 Å². The van der Waals surface area contributed by atoms with Gasteiger partial charge in [0.2, 0.25) is 0 Å². The van der Waals surface area contributed by atoms with Crippen LogP contribution >= 0.6 is 0 Å². The minimum atomic E-state index is -0.228. The highest BCUT2D eigenvalue weighted by atomic mass is 16.1. The third-order valence-electron chi connectivity index (χ3n) is 3.43. The Kier molecular flexibility index (Phi) is 4.51. The van der Waals surface area contributed by atoms with E-state index in [1.165, 1.54) is 24.5 Å². The van der Waals surface area contributed by atoms with Gasteiger partial charge in [-0.1, -0.05) is 25.5 Å². The molecule has 1 aromatic carbocycles. The molecule has 20 heavy (non-hydrogen) atoms. The molecule has 3 heteroatoms. The van der Waals surface area contributed by atoms with Gasteiger partial charge in [-0.2, -0.15) is 0 Å². The summed E-state index contributed by atoms with van der Waals surface area (Å²) in [5, 5.41) is 0. The van der Waals surface area contributed by atoms with E-state index in [4.69, 9.17) is 0 Å². The average Bonchev–Trinajstić information content (AvgIpc) is 2.46. The molecule has 1 heterocycles.